The van der Waals surface area contributed by atoms with E-state index in [0.717, 1.165) is 27.3 Å². The quantitative estimate of drug-likeness (QED) is 0.283. The number of carbonyl (C=O) groups is 2. The molecule has 0 saturated carbocycles. The van der Waals surface area contributed by atoms with Gasteiger partial charge in [0.2, 0.25) is 21.8 Å². The summed E-state index contributed by atoms with van der Waals surface area (Å²) in [6, 6.07) is 24.8. The monoisotopic (exact) mass is 567 g/mol. The average molecular weight is 568 g/mol. The van der Waals surface area contributed by atoms with Gasteiger partial charge in [0.1, 0.15) is 11.8 Å². The molecule has 0 radical (unpaired) electrons. The number of benzene rings is 3. The number of carbonyl (C=O) groups excluding carboxylic acids is 2. The lowest BCUT2D eigenvalue weighted by molar-refractivity contribution is -0.141. The maximum atomic E-state index is 14.0. The molecule has 0 bridgehead atoms. The lowest BCUT2D eigenvalue weighted by Crippen LogP contribution is -2.53. The Morgan fingerprint density at radius 2 is 1.40 bits per heavy atom. The van der Waals surface area contributed by atoms with Gasteiger partial charge >= 0.3 is 0 Å². The van der Waals surface area contributed by atoms with Crippen LogP contribution in [0, 0.1) is 0 Å². The van der Waals surface area contributed by atoms with Crippen molar-refractivity contribution < 1.29 is 27.5 Å². The molecule has 3 aromatic carbocycles. The lowest BCUT2D eigenvalue weighted by atomic mass is 10.0. The third-order valence-corrected chi connectivity index (χ3v) is 7.57. The second-order valence-corrected chi connectivity index (χ2v) is 11.4. The Morgan fingerprint density at radius 3 is 1.95 bits per heavy atom. The normalized spacial score (nSPS) is 12.1. The van der Waals surface area contributed by atoms with E-state index in [1.165, 1.54) is 4.90 Å². The van der Waals surface area contributed by atoms with Crippen LogP contribution in [0.1, 0.15) is 16.7 Å². The number of nitrogens with zero attached hydrogens (tertiary/aromatic N) is 2. The molecule has 0 saturated heterocycles. The molecular formula is C30H37N3O6S. The van der Waals surface area contributed by atoms with Gasteiger partial charge in [0.05, 0.1) is 26.5 Å². The van der Waals surface area contributed by atoms with E-state index in [0.29, 0.717) is 12.4 Å². The Balaban J connectivity index is 1.97. The molecule has 0 spiro atoms. The predicted octanol–water partition coefficient (Wildman–Crippen LogP) is 2.86. The number of rotatable bonds is 15. The van der Waals surface area contributed by atoms with Gasteiger partial charge in [0.25, 0.3) is 0 Å². The SMILES string of the molecule is COCCNC(=O)[C@@H](Cc1ccccc1)N(Cc1ccc(OC)cc1)C(=O)CN(Cc1ccccc1)S(C)(=O)=O. The van der Waals surface area contributed by atoms with Gasteiger partial charge in [-0.1, -0.05) is 72.8 Å². The number of hydrogen-bond donors (Lipinski definition) is 1. The van der Waals surface area contributed by atoms with Crippen molar-refractivity contribution in [2.24, 2.45) is 0 Å². The highest BCUT2D eigenvalue weighted by atomic mass is 32.2. The van der Waals surface area contributed by atoms with E-state index >= 15 is 0 Å². The summed E-state index contributed by atoms with van der Waals surface area (Å²) >= 11 is 0. The summed E-state index contributed by atoms with van der Waals surface area (Å²) in [4.78, 5) is 29.0. The van der Waals surface area contributed by atoms with Crippen LogP contribution in [0.5, 0.6) is 5.75 Å². The fourth-order valence-electron chi connectivity index (χ4n) is 4.19. The molecule has 9 nitrogen and oxygen atoms in total. The maximum absolute atomic E-state index is 14.0. The molecule has 1 atom stereocenters. The zero-order valence-electron chi connectivity index (χ0n) is 23.2. The molecular weight excluding hydrogens is 530 g/mol. The second kappa shape index (κ2) is 15.2. The van der Waals surface area contributed by atoms with Crippen LogP contribution in [0.4, 0.5) is 0 Å². The first-order chi connectivity index (χ1) is 19.2. The van der Waals surface area contributed by atoms with Crippen LogP contribution in [0.15, 0.2) is 84.9 Å². The van der Waals surface area contributed by atoms with Gasteiger partial charge in [-0.05, 0) is 28.8 Å². The van der Waals surface area contributed by atoms with Crippen LogP contribution < -0.4 is 10.1 Å². The Kier molecular flexibility index (Phi) is 11.7. The number of amides is 2. The van der Waals surface area contributed by atoms with Crippen molar-refractivity contribution in [3.05, 3.63) is 102 Å². The molecule has 0 aliphatic heterocycles. The molecule has 10 heteroatoms. The average Bonchev–Trinajstić information content (AvgIpc) is 2.95. The number of ether oxygens (including phenoxy) is 2. The molecule has 2 amide bonds. The number of nitrogens with one attached hydrogen (secondary N) is 1. The fourth-order valence-corrected chi connectivity index (χ4v) is 4.92. The molecule has 1 N–H and O–H groups in total. The summed E-state index contributed by atoms with van der Waals surface area (Å²) in [7, 11) is -0.635. The van der Waals surface area contributed by atoms with Crippen molar-refractivity contribution >= 4 is 21.8 Å². The number of hydrogen-bond acceptors (Lipinski definition) is 6. The third kappa shape index (κ3) is 9.48. The minimum absolute atomic E-state index is 0.0329. The topological polar surface area (TPSA) is 105 Å². The third-order valence-electron chi connectivity index (χ3n) is 6.37. The highest BCUT2D eigenvalue weighted by Gasteiger charge is 2.32. The molecule has 0 unspecified atom stereocenters. The van der Waals surface area contributed by atoms with E-state index in [-0.39, 0.29) is 32.0 Å². The molecule has 0 heterocycles. The zero-order chi connectivity index (χ0) is 29.0. The minimum atomic E-state index is -3.74. The Hall–Kier alpha value is -3.73. The molecule has 0 aliphatic rings. The summed E-state index contributed by atoms with van der Waals surface area (Å²) in [5.74, 6) is -0.178. The highest BCUT2D eigenvalue weighted by Crippen LogP contribution is 2.19. The van der Waals surface area contributed by atoms with Gasteiger partial charge in [0, 0.05) is 33.2 Å². The molecule has 3 aromatic rings. The zero-order valence-corrected chi connectivity index (χ0v) is 24.0. The van der Waals surface area contributed by atoms with Gasteiger partial charge < -0.3 is 19.7 Å². The summed E-state index contributed by atoms with van der Waals surface area (Å²) in [6.07, 6.45) is 1.33. The molecule has 0 aromatic heterocycles. The van der Waals surface area contributed by atoms with Crippen LogP contribution in [0.25, 0.3) is 0 Å². The van der Waals surface area contributed by atoms with Crippen LogP contribution in [0.2, 0.25) is 0 Å². The summed E-state index contributed by atoms with van der Waals surface area (Å²) in [5, 5.41) is 2.86. The standard InChI is InChI=1S/C30H37N3O6S/c1-38-19-18-31-30(35)28(20-24-10-6-4-7-11-24)33(22-26-14-16-27(39-2)17-15-26)29(34)23-32(40(3,36)37)21-25-12-8-5-9-13-25/h4-17,28H,18-23H2,1-3H3,(H,31,35)/t28-/m1/s1. The van der Waals surface area contributed by atoms with Crippen LogP contribution in [-0.4, -0.2) is 75.7 Å². The summed E-state index contributed by atoms with van der Waals surface area (Å²) in [6.45, 7) is 0.302. The Labute approximate surface area is 236 Å². The fraction of sp³-hybridized carbons (Fsp3) is 0.333. The molecule has 214 valence electrons. The largest absolute Gasteiger partial charge is 0.497 e. The first-order valence-electron chi connectivity index (χ1n) is 12.9. The van der Waals surface area contributed by atoms with Crippen molar-refractivity contribution in [1.82, 2.24) is 14.5 Å². The van der Waals surface area contributed by atoms with E-state index in [1.807, 2.05) is 60.7 Å². The highest BCUT2D eigenvalue weighted by molar-refractivity contribution is 7.88. The van der Waals surface area contributed by atoms with E-state index in [4.69, 9.17) is 9.47 Å². The Bertz CT molecular complexity index is 1320. The first kappa shape index (κ1) is 30.8. The van der Waals surface area contributed by atoms with Gasteiger partial charge in [-0.15, -0.1) is 0 Å². The van der Waals surface area contributed by atoms with Crippen molar-refractivity contribution in [3.8, 4) is 5.75 Å². The molecule has 3 rings (SSSR count). The summed E-state index contributed by atoms with van der Waals surface area (Å²) in [5.41, 5.74) is 2.39. The number of sulfonamides is 1. The molecule has 0 fully saturated rings. The predicted molar refractivity (Wildman–Crippen MR) is 154 cm³/mol. The van der Waals surface area contributed by atoms with Crippen LogP contribution >= 0.6 is 0 Å². The molecule has 40 heavy (non-hydrogen) atoms. The van der Waals surface area contributed by atoms with Crippen molar-refractivity contribution in [3.63, 3.8) is 0 Å². The van der Waals surface area contributed by atoms with E-state index < -0.39 is 28.5 Å². The maximum Gasteiger partial charge on any atom is 0.243 e. The first-order valence-corrected chi connectivity index (χ1v) is 14.8. The van der Waals surface area contributed by atoms with E-state index in [9.17, 15) is 18.0 Å². The van der Waals surface area contributed by atoms with Crippen molar-refractivity contribution in [2.45, 2.75) is 25.6 Å². The lowest BCUT2D eigenvalue weighted by Gasteiger charge is -2.33. The van der Waals surface area contributed by atoms with Gasteiger partial charge in [-0.25, -0.2) is 8.42 Å². The van der Waals surface area contributed by atoms with E-state index in [1.54, 1.807) is 38.5 Å². The van der Waals surface area contributed by atoms with Crippen molar-refractivity contribution in [2.75, 3.05) is 40.2 Å². The number of methoxy groups -OCH3 is 2. The minimum Gasteiger partial charge on any atom is -0.497 e. The van der Waals surface area contributed by atoms with Gasteiger partial charge in [-0.2, -0.15) is 4.31 Å². The smallest absolute Gasteiger partial charge is 0.243 e. The Morgan fingerprint density at radius 1 is 0.825 bits per heavy atom. The van der Waals surface area contributed by atoms with Gasteiger partial charge in [-0.3, -0.25) is 9.59 Å². The van der Waals surface area contributed by atoms with Crippen LogP contribution in [-0.2, 0) is 43.9 Å². The summed E-state index contributed by atoms with van der Waals surface area (Å²) < 4.78 is 37.0. The van der Waals surface area contributed by atoms with Gasteiger partial charge in [0.15, 0.2) is 0 Å². The second-order valence-electron chi connectivity index (χ2n) is 9.38. The van der Waals surface area contributed by atoms with E-state index in [2.05, 4.69) is 5.32 Å². The van der Waals surface area contributed by atoms with Crippen molar-refractivity contribution in [1.29, 1.82) is 0 Å². The van der Waals surface area contributed by atoms with Crippen LogP contribution in [0.3, 0.4) is 0 Å². The molecule has 0 aliphatic carbocycles.